The van der Waals surface area contributed by atoms with Crippen molar-refractivity contribution in [2.45, 2.75) is 13.0 Å². The Morgan fingerprint density at radius 2 is 1.94 bits per heavy atom. The lowest BCUT2D eigenvalue weighted by Crippen LogP contribution is -2.21. The molecular formula is C14H14N2O. The summed E-state index contributed by atoms with van der Waals surface area (Å²) in [6.07, 6.45) is 3.27. The van der Waals surface area contributed by atoms with E-state index < -0.39 is 6.04 Å². The number of ketones is 1. The van der Waals surface area contributed by atoms with Gasteiger partial charge in [-0.05, 0) is 24.1 Å². The van der Waals surface area contributed by atoms with Crippen molar-refractivity contribution in [3.05, 3.63) is 65.5 Å². The van der Waals surface area contributed by atoms with E-state index in [2.05, 4.69) is 4.98 Å². The molecule has 1 aromatic carbocycles. The van der Waals surface area contributed by atoms with E-state index in [1.807, 2.05) is 37.3 Å². The van der Waals surface area contributed by atoms with Gasteiger partial charge in [0.15, 0.2) is 5.78 Å². The zero-order valence-electron chi connectivity index (χ0n) is 9.63. The molecule has 1 unspecified atom stereocenters. The minimum absolute atomic E-state index is 0.104. The molecule has 2 aromatic rings. The zero-order chi connectivity index (χ0) is 12.3. The SMILES string of the molecule is Cc1cncc(C(=O)C(N)c2ccccc2)c1. The second kappa shape index (κ2) is 4.89. The molecule has 0 aliphatic rings. The summed E-state index contributed by atoms with van der Waals surface area (Å²) in [6.45, 7) is 1.90. The van der Waals surface area contributed by atoms with Crippen LogP contribution in [0.1, 0.15) is 27.5 Å². The molecule has 17 heavy (non-hydrogen) atoms. The molecule has 0 fully saturated rings. The minimum atomic E-state index is -0.625. The summed E-state index contributed by atoms with van der Waals surface area (Å²) in [7, 11) is 0. The molecule has 0 aliphatic heterocycles. The van der Waals surface area contributed by atoms with Gasteiger partial charge in [-0.2, -0.15) is 0 Å². The maximum atomic E-state index is 12.1. The van der Waals surface area contributed by atoms with Gasteiger partial charge < -0.3 is 5.73 Å². The van der Waals surface area contributed by atoms with E-state index in [4.69, 9.17) is 5.73 Å². The van der Waals surface area contributed by atoms with Crippen LogP contribution < -0.4 is 5.73 Å². The number of benzene rings is 1. The first-order valence-corrected chi connectivity index (χ1v) is 5.45. The summed E-state index contributed by atoms with van der Waals surface area (Å²) >= 11 is 0. The smallest absolute Gasteiger partial charge is 0.185 e. The van der Waals surface area contributed by atoms with E-state index in [1.54, 1.807) is 18.5 Å². The summed E-state index contributed by atoms with van der Waals surface area (Å²) in [5.74, 6) is -0.104. The van der Waals surface area contributed by atoms with Crippen molar-refractivity contribution < 1.29 is 4.79 Å². The van der Waals surface area contributed by atoms with Gasteiger partial charge in [-0.3, -0.25) is 9.78 Å². The topological polar surface area (TPSA) is 56.0 Å². The van der Waals surface area contributed by atoms with Gasteiger partial charge in [0.2, 0.25) is 0 Å². The molecule has 1 atom stereocenters. The number of hydrogen-bond donors (Lipinski definition) is 1. The molecule has 0 spiro atoms. The van der Waals surface area contributed by atoms with Crippen LogP contribution in [0.15, 0.2) is 48.8 Å². The highest BCUT2D eigenvalue weighted by Crippen LogP contribution is 2.15. The molecule has 1 heterocycles. The molecule has 0 amide bonds. The summed E-state index contributed by atoms with van der Waals surface area (Å²) in [5.41, 5.74) is 8.27. The first-order chi connectivity index (χ1) is 8.18. The Hall–Kier alpha value is -2.00. The van der Waals surface area contributed by atoms with Gasteiger partial charge in [-0.15, -0.1) is 0 Å². The lowest BCUT2D eigenvalue weighted by Gasteiger charge is -2.10. The second-order valence-electron chi connectivity index (χ2n) is 4.00. The molecule has 2 rings (SSSR count). The number of aromatic nitrogens is 1. The quantitative estimate of drug-likeness (QED) is 0.817. The fourth-order valence-electron chi connectivity index (χ4n) is 1.68. The van der Waals surface area contributed by atoms with E-state index >= 15 is 0 Å². The summed E-state index contributed by atoms with van der Waals surface area (Å²) in [4.78, 5) is 16.1. The maximum Gasteiger partial charge on any atom is 0.185 e. The summed E-state index contributed by atoms with van der Waals surface area (Å²) < 4.78 is 0. The first kappa shape index (κ1) is 11.5. The standard InChI is InChI=1S/C14H14N2O/c1-10-7-12(9-16-8-10)14(17)13(15)11-5-3-2-4-6-11/h2-9,13H,15H2,1H3. The molecule has 3 heteroatoms. The molecule has 1 aromatic heterocycles. The van der Waals surface area contributed by atoms with Crippen molar-refractivity contribution in [1.82, 2.24) is 4.98 Å². The Kier molecular flexibility index (Phi) is 3.30. The predicted octanol–water partition coefficient (Wildman–Crippen LogP) is 2.27. The largest absolute Gasteiger partial charge is 0.318 e. The van der Waals surface area contributed by atoms with E-state index in [-0.39, 0.29) is 5.78 Å². The first-order valence-electron chi connectivity index (χ1n) is 5.45. The van der Waals surface area contributed by atoms with Crippen LogP contribution in [0.4, 0.5) is 0 Å². The van der Waals surface area contributed by atoms with Gasteiger partial charge in [0, 0.05) is 18.0 Å². The molecule has 0 saturated heterocycles. The Bertz CT molecular complexity index is 523. The van der Waals surface area contributed by atoms with Gasteiger partial charge in [-0.1, -0.05) is 30.3 Å². The molecule has 3 nitrogen and oxygen atoms in total. The van der Waals surface area contributed by atoms with Crippen LogP contribution in [0.3, 0.4) is 0 Å². The average Bonchev–Trinajstić information content (AvgIpc) is 2.38. The number of aryl methyl sites for hydroxylation is 1. The van der Waals surface area contributed by atoms with Gasteiger partial charge >= 0.3 is 0 Å². The summed E-state index contributed by atoms with van der Waals surface area (Å²) in [5, 5.41) is 0. The van der Waals surface area contributed by atoms with Crippen LogP contribution in [-0.4, -0.2) is 10.8 Å². The average molecular weight is 226 g/mol. The third-order valence-corrected chi connectivity index (χ3v) is 2.60. The Labute approximate surface area is 100 Å². The number of pyridine rings is 1. The van der Waals surface area contributed by atoms with Crippen molar-refractivity contribution in [1.29, 1.82) is 0 Å². The van der Waals surface area contributed by atoms with Crippen molar-refractivity contribution >= 4 is 5.78 Å². The fraction of sp³-hybridized carbons (Fsp3) is 0.143. The monoisotopic (exact) mass is 226 g/mol. The van der Waals surface area contributed by atoms with E-state index in [1.165, 1.54) is 0 Å². The van der Waals surface area contributed by atoms with E-state index in [0.29, 0.717) is 5.56 Å². The van der Waals surface area contributed by atoms with Crippen LogP contribution in [0, 0.1) is 6.92 Å². The van der Waals surface area contributed by atoms with Crippen LogP contribution in [0.2, 0.25) is 0 Å². The molecule has 0 saturated carbocycles. The minimum Gasteiger partial charge on any atom is -0.318 e. The van der Waals surface area contributed by atoms with Gasteiger partial charge in [-0.25, -0.2) is 0 Å². The van der Waals surface area contributed by atoms with E-state index in [9.17, 15) is 4.79 Å². The van der Waals surface area contributed by atoms with E-state index in [0.717, 1.165) is 11.1 Å². The van der Waals surface area contributed by atoms with Crippen LogP contribution in [0.5, 0.6) is 0 Å². The van der Waals surface area contributed by atoms with Gasteiger partial charge in [0.1, 0.15) is 0 Å². The number of hydrogen-bond acceptors (Lipinski definition) is 3. The molecule has 86 valence electrons. The normalized spacial score (nSPS) is 12.1. The lowest BCUT2D eigenvalue weighted by atomic mass is 9.99. The number of carbonyl (C=O) groups is 1. The van der Waals surface area contributed by atoms with Crippen molar-refractivity contribution in [2.75, 3.05) is 0 Å². The van der Waals surface area contributed by atoms with Crippen molar-refractivity contribution in [2.24, 2.45) is 5.73 Å². The van der Waals surface area contributed by atoms with Gasteiger partial charge in [0.25, 0.3) is 0 Å². The number of Topliss-reactive ketones (excluding diaryl/α,β-unsaturated/α-hetero) is 1. The van der Waals surface area contributed by atoms with Crippen molar-refractivity contribution in [3.8, 4) is 0 Å². The molecule has 0 radical (unpaired) electrons. The molecule has 0 aliphatic carbocycles. The van der Waals surface area contributed by atoms with Crippen LogP contribution in [0.25, 0.3) is 0 Å². The second-order valence-corrected chi connectivity index (χ2v) is 4.00. The van der Waals surface area contributed by atoms with Crippen molar-refractivity contribution in [3.63, 3.8) is 0 Å². The Morgan fingerprint density at radius 3 is 2.59 bits per heavy atom. The number of nitrogens with two attached hydrogens (primary N) is 1. The highest BCUT2D eigenvalue weighted by atomic mass is 16.1. The number of carbonyl (C=O) groups excluding carboxylic acids is 1. The van der Waals surface area contributed by atoms with Crippen LogP contribution >= 0.6 is 0 Å². The highest BCUT2D eigenvalue weighted by molar-refractivity contribution is 6.00. The molecular weight excluding hydrogens is 212 g/mol. The van der Waals surface area contributed by atoms with Gasteiger partial charge in [0.05, 0.1) is 6.04 Å². The molecule has 2 N–H and O–H groups in total. The van der Waals surface area contributed by atoms with Crippen LogP contribution in [-0.2, 0) is 0 Å². The maximum absolute atomic E-state index is 12.1. The number of nitrogens with zero attached hydrogens (tertiary/aromatic N) is 1. The highest BCUT2D eigenvalue weighted by Gasteiger charge is 2.17. The fourth-order valence-corrected chi connectivity index (χ4v) is 1.68. The molecule has 0 bridgehead atoms. The summed E-state index contributed by atoms with van der Waals surface area (Å²) in [6, 6.07) is 10.5. The predicted molar refractivity (Wildman–Crippen MR) is 66.7 cm³/mol. The lowest BCUT2D eigenvalue weighted by molar-refractivity contribution is 0.0961. The third-order valence-electron chi connectivity index (χ3n) is 2.60. The Morgan fingerprint density at radius 1 is 1.24 bits per heavy atom. The third kappa shape index (κ3) is 2.57. The zero-order valence-corrected chi connectivity index (χ0v) is 9.63. The Balaban J connectivity index is 2.27. The number of rotatable bonds is 3.